The van der Waals surface area contributed by atoms with E-state index in [-0.39, 0.29) is 5.92 Å². The summed E-state index contributed by atoms with van der Waals surface area (Å²) in [5.74, 6) is 1.04. The Morgan fingerprint density at radius 3 is 2.88 bits per heavy atom. The van der Waals surface area contributed by atoms with Crippen molar-refractivity contribution in [3.63, 3.8) is 0 Å². The van der Waals surface area contributed by atoms with E-state index >= 15 is 0 Å². The molecule has 0 aliphatic carbocycles. The first-order valence-corrected chi connectivity index (χ1v) is 10.2. The van der Waals surface area contributed by atoms with Crippen molar-refractivity contribution in [1.82, 2.24) is 24.8 Å². The molecule has 2 bridgehead atoms. The topological polar surface area (TPSA) is 63.5 Å². The summed E-state index contributed by atoms with van der Waals surface area (Å²) in [6, 6.07) is 0.489. The zero-order valence-corrected chi connectivity index (χ0v) is 15.8. The maximum absolute atomic E-state index is 12.9. The number of piperidine rings is 3. The van der Waals surface area contributed by atoms with Crippen LogP contribution in [0.2, 0.25) is 0 Å². The zero-order chi connectivity index (χ0) is 17.9. The number of carbonyl (C=O) groups excluding carboxylic acids is 1. The number of unbranched alkanes of at least 4 members (excludes halogenated alkanes) is 1. The standard InChI is InChI=1S/C19H31N5O2/c1-2-3-4-16-12-24(21-20-16)13-17-11-15-5-6-23(17)14-18(15)19(25)22-7-9-26-10-8-22/h12,15,17-18H,2-11,13-14H2,1H3/t15-,17+,18-/m0/s1. The van der Waals surface area contributed by atoms with Crippen molar-refractivity contribution >= 4 is 5.91 Å². The van der Waals surface area contributed by atoms with Gasteiger partial charge in [0.2, 0.25) is 5.91 Å². The van der Waals surface area contributed by atoms with E-state index in [4.69, 9.17) is 4.74 Å². The van der Waals surface area contributed by atoms with E-state index in [1.165, 1.54) is 12.8 Å². The molecule has 4 aliphatic rings. The van der Waals surface area contributed by atoms with E-state index in [2.05, 4.69) is 28.3 Å². The monoisotopic (exact) mass is 361 g/mol. The van der Waals surface area contributed by atoms with Gasteiger partial charge in [-0.05, 0) is 38.1 Å². The van der Waals surface area contributed by atoms with Gasteiger partial charge >= 0.3 is 0 Å². The Bertz CT molecular complexity index is 613. The summed E-state index contributed by atoms with van der Waals surface area (Å²) < 4.78 is 7.40. The number of fused-ring (bicyclic) bond motifs is 3. The van der Waals surface area contributed by atoms with Gasteiger partial charge in [0.25, 0.3) is 0 Å². The lowest BCUT2D eigenvalue weighted by Crippen LogP contribution is -2.59. The number of hydrogen-bond acceptors (Lipinski definition) is 5. The molecule has 7 heteroatoms. The van der Waals surface area contributed by atoms with Gasteiger partial charge in [0.1, 0.15) is 0 Å². The molecule has 0 aromatic carbocycles. The molecule has 0 radical (unpaired) electrons. The number of nitrogens with zero attached hydrogens (tertiary/aromatic N) is 5. The molecule has 1 aromatic heterocycles. The van der Waals surface area contributed by atoms with Gasteiger partial charge in [-0.25, -0.2) is 0 Å². The van der Waals surface area contributed by atoms with Crippen molar-refractivity contribution in [3.8, 4) is 0 Å². The predicted octanol–water partition coefficient (Wildman–Crippen LogP) is 1.19. The van der Waals surface area contributed by atoms with Crippen LogP contribution in [0.1, 0.15) is 38.3 Å². The predicted molar refractivity (Wildman–Crippen MR) is 97.6 cm³/mol. The lowest BCUT2D eigenvalue weighted by Gasteiger charge is -2.50. The minimum absolute atomic E-state index is 0.175. The van der Waals surface area contributed by atoms with E-state index in [0.717, 1.165) is 57.7 Å². The molecule has 0 N–H and O–H groups in total. The average molecular weight is 361 g/mol. The first kappa shape index (κ1) is 17.9. The van der Waals surface area contributed by atoms with Gasteiger partial charge in [-0.15, -0.1) is 5.10 Å². The first-order chi connectivity index (χ1) is 12.7. The summed E-state index contributed by atoms with van der Waals surface area (Å²) in [6.07, 6.45) is 7.73. The van der Waals surface area contributed by atoms with Crippen LogP contribution < -0.4 is 0 Å². The van der Waals surface area contributed by atoms with Crippen LogP contribution in [0.25, 0.3) is 0 Å². The quantitative estimate of drug-likeness (QED) is 0.762. The van der Waals surface area contributed by atoms with Crippen molar-refractivity contribution in [2.24, 2.45) is 11.8 Å². The van der Waals surface area contributed by atoms with Crippen LogP contribution >= 0.6 is 0 Å². The lowest BCUT2D eigenvalue weighted by molar-refractivity contribution is -0.148. The average Bonchev–Trinajstić information content (AvgIpc) is 3.14. The van der Waals surface area contributed by atoms with E-state index in [0.29, 0.717) is 31.1 Å². The molecule has 4 aliphatic heterocycles. The minimum Gasteiger partial charge on any atom is -0.378 e. The van der Waals surface area contributed by atoms with Crippen LogP contribution in [0.4, 0.5) is 0 Å². The van der Waals surface area contributed by atoms with Gasteiger partial charge in [0, 0.05) is 31.9 Å². The van der Waals surface area contributed by atoms with Crippen LogP contribution in [0.3, 0.4) is 0 Å². The van der Waals surface area contributed by atoms with Crippen molar-refractivity contribution in [2.45, 2.75) is 51.6 Å². The smallest absolute Gasteiger partial charge is 0.227 e. The number of aromatic nitrogens is 3. The zero-order valence-electron chi connectivity index (χ0n) is 15.8. The fraction of sp³-hybridized carbons (Fsp3) is 0.842. The maximum atomic E-state index is 12.9. The second-order valence-corrected chi connectivity index (χ2v) is 8.01. The van der Waals surface area contributed by atoms with Crippen LogP contribution in [-0.4, -0.2) is 76.1 Å². The van der Waals surface area contributed by atoms with Gasteiger partial charge in [-0.3, -0.25) is 14.4 Å². The molecule has 4 saturated heterocycles. The number of ether oxygens (including phenoxy) is 1. The van der Waals surface area contributed by atoms with Gasteiger partial charge in [0.05, 0.1) is 31.4 Å². The number of amides is 1. The Hall–Kier alpha value is -1.47. The van der Waals surface area contributed by atoms with Gasteiger partial charge in [0.15, 0.2) is 0 Å². The summed E-state index contributed by atoms with van der Waals surface area (Å²) in [5, 5.41) is 8.63. The van der Waals surface area contributed by atoms with Crippen molar-refractivity contribution < 1.29 is 9.53 Å². The van der Waals surface area contributed by atoms with Gasteiger partial charge in [-0.1, -0.05) is 18.6 Å². The Morgan fingerprint density at radius 2 is 2.15 bits per heavy atom. The summed E-state index contributed by atoms with van der Waals surface area (Å²) >= 11 is 0. The van der Waals surface area contributed by atoms with Crippen LogP contribution in [0.5, 0.6) is 0 Å². The molecule has 26 heavy (non-hydrogen) atoms. The summed E-state index contributed by atoms with van der Waals surface area (Å²) in [6.45, 7) is 7.99. The van der Waals surface area contributed by atoms with Gasteiger partial charge in [-0.2, -0.15) is 0 Å². The fourth-order valence-corrected chi connectivity index (χ4v) is 4.74. The Labute approximate surface area is 155 Å². The van der Waals surface area contributed by atoms with Crippen LogP contribution in [0.15, 0.2) is 6.20 Å². The Balaban J connectivity index is 1.34. The van der Waals surface area contributed by atoms with Crippen molar-refractivity contribution in [2.75, 3.05) is 39.4 Å². The third-order valence-corrected chi connectivity index (χ3v) is 6.29. The third kappa shape index (κ3) is 3.78. The number of morpholine rings is 1. The summed E-state index contributed by atoms with van der Waals surface area (Å²) in [7, 11) is 0. The normalized spacial score (nSPS) is 31.3. The van der Waals surface area contributed by atoms with E-state index in [9.17, 15) is 4.79 Å². The molecule has 0 spiro atoms. The molecule has 4 atom stereocenters. The Morgan fingerprint density at radius 1 is 1.31 bits per heavy atom. The second kappa shape index (κ2) is 8.05. The molecule has 7 nitrogen and oxygen atoms in total. The molecule has 0 saturated carbocycles. The largest absolute Gasteiger partial charge is 0.378 e. The SMILES string of the molecule is CCCCc1cn(C[C@H]2C[C@@H]3CCN2C[C@@H]3C(=O)N2CCOCC2)nn1. The molecule has 5 heterocycles. The molecule has 1 aromatic rings. The highest BCUT2D eigenvalue weighted by Crippen LogP contribution is 2.37. The van der Waals surface area contributed by atoms with E-state index < -0.39 is 0 Å². The second-order valence-electron chi connectivity index (χ2n) is 8.01. The highest BCUT2D eigenvalue weighted by atomic mass is 16.5. The number of aryl methyl sites for hydroxylation is 1. The van der Waals surface area contributed by atoms with E-state index in [1.54, 1.807) is 0 Å². The highest BCUT2D eigenvalue weighted by Gasteiger charge is 2.44. The third-order valence-electron chi connectivity index (χ3n) is 6.29. The first-order valence-electron chi connectivity index (χ1n) is 10.2. The molecule has 1 unspecified atom stereocenters. The molecule has 144 valence electrons. The molecular formula is C19H31N5O2. The minimum atomic E-state index is 0.175. The van der Waals surface area contributed by atoms with Crippen molar-refractivity contribution in [3.05, 3.63) is 11.9 Å². The molecule has 4 fully saturated rings. The van der Waals surface area contributed by atoms with Crippen LogP contribution in [0, 0.1) is 11.8 Å². The number of rotatable bonds is 6. The van der Waals surface area contributed by atoms with E-state index in [1.807, 2.05) is 9.58 Å². The fourth-order valence-electron chi connectivity index (χ4n) is 4.74. The highest BCUT2D eigenvalue weighted by molar-refractivity contribution is 5.79. The van der Waals surface area contributed by atoms with Crippen LogP contribution in [-0.2, 0) is 22.5 Å². The lowest BCUT2D eigenvalue weighted by atomic mass is 9.75. The molecule has 5 rings (SSSR count). The number of carbonyl (C=O) groups is 1. The number of hydrogen-bond donors (Lipinski definition) is 0. The van der Waals surface area contributed by atoms with Gasteiger partial charge < -0.3 is 9.64 Å². The summed E-state index contributed by atoms with van der Waals surface area (Å²) in [4.78, 5) is 17.5. The molecule has 1 amide bonds. The molecular weight excluding hydrogens is 330 g/mol. The van der Waals surface area contributed by atoms with Crippen molar-refractivity contribution in [1.29, 1.82) is 0 Å². The Kier molecular flexibility index (Phi) is 5.55. The maximum Gasteiger partial charge on any atom is 0.227 e. The summed E-state index contributed by atoms with van der Waals surface area (Å²) in [5.41, 5.74) is 1.10.